The zero-order valence-electron chi connectivity index (χ0n) is 9.06. The average molecular weight is 171 g/mol. The first kappa shape index (κ1) is 11.5. The molecule has 0 rings (SSSR count). The fourth-order valence-electron chi connectivity index (χ4n) is 1.87. The summed E-state index contributed by atoms with van der Waals surface area (Å²) in [6.45, 7) is 12.8. The van der Waals surface area contributed by atoms with Crippen molar-refractivity contribution in [1.82, 2.24) is 5.32 Å². The summed E-state index contributed by atoms with van der Waals surface area (Å²) in [7, 11) is 0. The van der Waals surface area contributed by atoms with Crippen molar-refractivity contribution in [3.63, 3.8) is 0 Å². The quantitative estimate of drug-likeness (QED) is 0.634. The Morgan fingerprint density at radius 2 is 1.33 bits per heavy atom. The number of nitrogens with one attached hydrogen (secondary N) is 1. The Hall–Kier alpha value is -0.530. The van der Waals surface area contributed by atoms with E-state index in [9.17, 15) is 4.79 Å². The molecule has 0 saturated heterocycles. The molecule has 0 aromatic heterocycles. The maximum Gasteiger partial charge on any atom is 0.207 e. The third kappa shape index (κ3) is 3.24. The van der Waals surface area contributed by atoms with E-state index >= 15 is 0 Å². The molecule has 0 aromatic carbocycles. The minimum atomic E-state index is 0.110. The van der Waals surface area contributed by atoms with E-state index in [0.717, 1.165) is 6.41 Å². The summed E-state index contributed by atoms with van der Waals surface area (Å²) >= 11 is 0. The number of amides is 1. The second kappa shape index (κ2) is 3.46. The van der Waals surface area contributed by atoms with Gasteiger partial charge in [0, 0.05) is 6.04 Å². The molecular weight excluding hydrogens is 150 g/mol. The molecule has 0 aliphatic rings. The van der Waals surface area contributed by atoms with Crippen molar-refractivity contribution in [3.8, 4) is 0 Å². The van der Waals surface area contributed by atoms with Gasteiger partial charge in [-0.05, 0) is 10.8 Å². The molecule has 2 nitrogen and oxygen atoms in total. The molecular formula is C10H21NO. The highest BCUT2D eigenvalue weighted by Crippen LogP contribution is 2.32. The third-order valence-electron chi connectivity index (χ3n) is 1.97. The Labute approximate surface area is 75.7 Å². The Bertz CT molecular complexity index is 136. The summed E-state index contributed by atoms with van der Waals surface area (Å²) in [4.78, 5) is 10.4. The molecule has 0 aliphatic heterocycles. The lowest BCUT2D eigenvalue weighted by atomic mass is 9.72. The number of hydrogen-bond donors (Lipinski definition) is 1. The summed E-state index contributed by atoms with van der Waals surface area (Å²) in [5.74, 6) is 0. The normalized spacial score (nSPS) is 13.2. The van der Waals surface area contributed by atoms with Crippen LogP contribution in [-0.4, -0.2) is 12.5 Å². The van der Waals surface area contributed by atoms with Gasteiger partial charge in [-0.3, -0.25) is 4.79 Å². The lowest BCUT2D eigenvalue weighted by Crippen LogP contribution is -2.48. The highest BCUT2D eigenvalue weighted by atomic mass is 16.1. The van der Waals surface area contributed by atoms with E-state index in [1.807, 2.05) is 0 Å². The topological polar surface area (TPSA) is 29.1 Å². The average Bonchev–Trinajstić information content (AvgIpc) is 1.77. The second-order valence-corrected chi connectivity index (χ2v) is 5.45. The smallest absolute Gasteiger partial charge is 0.207 e. The molecule has 0 aliphatic carbocycles. The van der Waals surface area contributed by atoms with Crippen molar-refractivity contribution in [2.45, 2.75) is 47.6 Å². The van der Waals surface area contributed by atoms with Gasteiger partial charge in [-0.2, -0.15) is 0 Å². The number of carbonyl (C=O) groups excluding carboxylic acids is 1. The first-order valence-corrected chi connectivity index (χ1v) is 4.39. The summed E-state index contributed by atoms with van der Waals surface area (Å²) in [6, 6.07) is 0.211. The van der Waals surface area contributed by atoms with Crippen molar-refractivity contribution < 1.29 is 4.79 Å². The van der Waals surface area contributed by atoms with Gasteiger partial charge in [-0.15, -0.1) is 0 Å². The maximum absolute atomic E-state index is 10.4. The van der Waals surface area contributed by atoms with E-state index in [1.54, 1.807) is 0 Å². The molecule has 0 saturated carbocycles. The molecule has 0 spiro atoms. The van der Waals surface area contributed by atoms with Gasteiger partial charge in [0.05, 0.1) is 0 Å². The van der Waals surface area contributed by atoms with E-state index < -0.39 is 0 Å². The molecule has 0 bridgehead atoms. The lowest BCUT2D eigenvalue weighted by Gasteiger charge is -2.40. The van der Waals surface area contributed by atoms with E-state index in [1.165, 1.54) is 0 Å². The molecule has 0 unspecified atom stereocenters. The van der Waals surface area contributed by atoms with Crippen molar-refractivity contribution in [1.29, 1.82) is 0 Å². The minimum absolute atomic E-state index is 0.110. The van der Waals surface area contributed by atoms with E-state index in [2.05, 4.69) is 46.9 Å². The van der Waals surface area contributed by atoms with Crippen LogP contribution in [-0.2, 0) is 4.79 Å². The van der Waals surface area contributed by atoms with Gasteiger partial charge >= 0.3 is 0 Å². The Kier molecular flexibility index (Phi) is 3.31. The number of rotatable bonds is 2. The maximum atomic E-state index is 10.4. The summed E-state index contributed by atoms with van der Waals surface area (Å²) < 4.78 is 0. The minimum Gasteiger partial charge on any atom is -0.355 e. The van der Waals surface area contributed by atoms with E-state index in [-0.39, 0.29) is 16.9 Å². The highest BCUT2D eigenvalue weighted by molar-refractivity contribution is 5.47. The van der Waals surface area contributed by atoms with Crippen LogP contribution in [0.5, 0.6) is 0 Å². The molecule has 0 aromatic rings. The van der Waals surface area contributed by atoms with Crippen LogP contribution in [0.3, 0.4) is 0 Å². The van der Waals surface area contributed by atoms with Gasteiger partial charge in [-0.25, -0.2) is 0 Å². The van der Waals surface area contributed by atoms with Gasteiger partial charge in [0.15, 0.2) is 0 Å². The van der Waals surface area contributed by atoms with E-state index in [4.69, 9.17) is 0 Å². The fraction of sp³-hybridized carbons (Fsp3) is 0.900. The number of carbonyl (C=O) groups is 1. The van der Waals surface area contributed by atoms with Crippen LogP contribution in [0.15, 0.2) is 0 Å². The predicted octanol–water partition coefficient (Wildman–Crippen LogP) is 2.19. The first-order valence-electron chi connectivity index (χ1n) is 4.39. The van der Waals surface area contributed by atoms with Gasteiger partial charge < -0.3 is 5.32 Å². The van der Waals surface area contributed by atoms with Crippen LogP contribution >= 0.6 is 0 Å². The SMILES string of the molecule is CC(C)(C)C(NC=O)C(C)(C)C. The van der Waals surface area contributed by atoms with Gasteiger partial charge in [0.1, 0.15) is 0 Å². The number of hydrogen-bond acceptors (Lipinski definition) is 1. The summed E-state index contributed by atoms with van der Waals surface area (Å²) in [6.07, 6.45) is 0.793. The van der Waals surface area contributed by atoms with Crippen LogP contribution in [0.2, 0.25) is 0 Å². The molecule has 2 heteroatoms. The molecule has 72 valence electrons. The van der Waals surface area contributed by atoms with Gasteiger partial charge in [-0.1, -0.05) is 41.5 Å². The van der Waals surface area contributed by atoms with Crippen molar-refractivity contribution in [2.75, 3.05) is 0 Å². The molecule has 12 heavy (non-hydrogen) atoms. The summed E-state index contributed by atoms with van der Waals surface area (Å²) in [5, 5.41) is 2.88. The van der Waals surface area contributed by atoms with Crippen molar-refractivity contribution >= 4 is 6.41 Å². The van der Waals surface area contributed by atoms with Gasteiger partial charge in [0.2, 0.25) is 6.41 Å². The Balaban J connectivity index is 4.56. The fourth-order valence-corrected chi connectivity index (χ4v) is 1.87. The van der Waals surface area contributed by atoms with Gasteiger partial charge in [0.25, 0.3) is 0 Å². The lowest BCUT2D eigenvalue weighted by molar-refractivity contribution is -0.111. The zero-order chi connectivity index (χ0) is 9.99. The van der Waals surface area contributed by atoms with Crippen LogP contribution in [0.25, 0.3) is 0 Å². The Morgan fingerprint density at radius 1 is 1.00 bits per heavy atom. The summed E-state index contributed by atoms with van der Waals surface area (Å²) in [5.41, 5.74) is 0.221. The largest absolute Gasteiger partial charge is 0.355 e. The van der Waals surface area contributed by atoms with Crippen molar-refractivity contribution in [2.24, 2.45) is 10.8 Å². The molecule has 0 radical (unpaired) electrons. The Morgan fingerprint density at radius 3 is 1.42 bits per heavy atom. The molecule has 0 heterocycles. The van der Waals surface area contributed by atoms with Crippen LogP contribution < -0.4 is 5.32 Å². The van der Waals surface area contributed by atoms with Crippen LogP contribution in [0.4, 0.5) is 0 Å². The molecule has 1 amide bonds. The highest BCUT2D eigenvalue weighted by Gasteiger charge is 2.34. The molecule has 1 N–H and O–H groups in total. The second-order valence-electron chi connectivity index (χ2n) is 5.45. The standard InChI is InChI=1S/C10H21NO/c1-9(2,3)8(11-7-12)10(4,5)6/h7-8H,1-6H3,(H,11,12). The molecule has 0 atom stereocenters. The van der Waals surface area contributed by atoms with Crippen LogP contribution in [0, 0.1) is 10.8 Å². The molecule has 0 fully saturated rings. The first-order chi connectivity index (χ1) is 5.19. The van der Waals surface area contributed by atoms with Crippen molar-refractivity contribution in [3.05, 3.63) is 0 Å². The predicted molar refractivity (Wildman–Crippen MR) is 51.9 cm³/mol. The van der Waals surface area contributed by atoms with Crippen LogP contribution in [0.1, 0.15) is 41.5 Å². The third-order valence-corrected chi connectivity index (χ3v) is 1.97. The van der Waals surface area contributed by atoms with E-state index in [0.29, 0.717) is 0 Å². The monoisotopic (exact) mass is 171 g/mol. The zero-order valence-corrected chi connectivity index (χ0v) is 9.06.